The third-order valence-corrected chi connectivity index (χ3v) is 3.67. The van der Waals surface area contributed by atoms with Crippen LogP contribution in [0.1, 0.15) is 31.7 Å². The second kappa shape index (κ2) is 5.60. The summed E-state index contributed by atoms with van der Waals surface area (Å²) < 4.78 is 5.81. The summed E-state index contributed by atoms with van der Waals surface area (Å²) in [4.78, 5) is 10.8. The summed E-state index contributed by atoms with van der Waals surface area (Å²) >= 11 is 0. The van der Waals surface area contributed by atoms with E-state index in [4.69, 9.17) is 10.5 Å². The van der Waals surface area contributed by atoms with Crippen LogP contribution in [0.2, 0.25) is 0 Å². The van der Waals surface area contributed by atoms with Crippen LogP contribution in [0.4, 0.5) is 17.3 Å². The van der Waals surface area contributed by atoms with Crippen LogP contribution in [0.25, 0.3) is 0 Å². The van der Waals surface area contributed by atoms with Crippen molar-refractivity contribution in [2.45, 2.75) is 26.2 Å². The fraction of sp³-hybridized carbons (Fsp3) is 0.375. The molecule has 0 aliphatic carbocycles. The normalized spacial score (nSPS) is 14.5. The topological polar surface area (TPSA) is 64.3 Å². The maximum Gasteiger partial charge on any atom is 0.142 e. The van der Waals surface area contributed by atoms with Crippen LogP contribution in [-0.4, -0.2) is 23.1 Å². The number of nitrogens with zero attached hydrogens (tertiary/aromatic N) is 3. The summed E-state index contributed by atoms with van der Waals surface area (Å²) in [6.45, 7) is 5.79. The predicted octanol–water partition coefficient (Wildman–Crippen LogP) is 3.10. The Morgan fingerprint density at radius 3 is 2.86 bits per heavy atom. The molecule has 110 valence electrons. The average molecular weight is 284 g/mol. The quantitative estimate of drug-likeness (QED) is 0.918. The van der Waals surface area contributed by atoms with Crippen LogP contribution in [0.15, 0.2) is 30.6 Å². The van der Waals surface area contributed by atoms with Gasteiger partial charge in [-0.05, 0) is 24.5 Å². The molecule has 1 aliphatic heterocycles. The van der Waals surface area contributed by atoms with E-state index < -0.39 is 0 Å². The molecule has 1 aromatic heterocycles. The van der Waals surface area contributed by atoms with Gasteiger partial charge in [0.15, 0.2) is 0 Å². The lowest BCUT2D eigenvalue weighted by Crippen LogP contribution is -2.22. The molecule has 21 heavy (non-hydrogen) atoms. The van der Waals surface area contributed by atoms with E-state index in [9.17, 15) is 0 Å². The second-order valence-corrected chi connectivity index (χ2v) is 5.47. The fourth-order valence-electron chi connectivity index (χ4n) is 2.72. The van der Waals surface area contributed by atoms with Crippen molar-refractivity contribution in [2.24, 2.45) is 0 Å². The second-order valence-electron chi connectivity index (χ2n) is 5.47. The van der Waals surface area contributed by atoms with Crippen LogP contribution in [0.3, 0.4) is 0 Å². The van der Waals surface area contributed by atoms with Gasteiger partial charge < -0.3 is 15.4 Å². The van der Waals surface area contributed by atoms with Gasteiger partial charge in [0.2, 0.25) is 0 Å². The highest BCUT2D eigenvalue weighted by atomic mass is 16.5. The Hall–Kier alpha value is -2.30. The number of fused-ring (bicyclic) bond motifs is 1. The molecule has 2 aromatic rings. The van der Waals surface area contributed by atoms with Crippen LogP contribution < -0.4 is 15.4 Å². The Balaban J connectivity index is 2.15. The van der Waals surface area contributed by atoms with Crippen molar-refractivity contribution in [3.8, 4) is 5.75 Å². The molecule has 2 N–H and O–H groups in total. The van der Waals surface area contributed by atoms with Crippen molar-refractivity contribution >= 4 is 17.3 Å². The molecular weight excluding hydrogens is 264 g/mol. The minimum absolute atomic E-state index is 0.262. The van der Waals surface area contributed by atoms with Gasteiger partial charge in [-0.25, -0.2) is 9.97 Å². The lowest BCUT2D eigenvalue weighted by molar-refractivity contribution is 0.322. The molecule has 0 spiro atoms. The van der Waals surface area contributed by atoms with Crippen molar-refractivity contribution in [1.82, 2.24) is 9.97 Å². The lowest BCUT2D eigenvalue weighted by atomic mass is 10.0. The van der Waals surface area contributed by atoms with Gasteiger partial charge in [0.1, 0.15) is 23.7 Å². The molecule has 0 radical (unpaired) electrons. The summed E-state index contributed by atoms with van der Waals surface area (Å²) in [7, 11) is 0. The number of aromatic nitrogens is 2. The molecule has 3 rings (SSSR count). The first kappa shape index (κ1) is 13.7. The molecule has 2 heterocycles. The zero-order chi connectivity index (χ0) is 14.8. The van der Waals surface area contributed by atoms with E-state index in [0.29, 0.717) is 12.4 Å². The molecule has 0 fully saturated rings. The van der Waals surface area contributed by atoms with Gasteiger partial charge in [-0.15, -0.1) is 0 Å². The zero-order valence-corrected chi connectivity index (χ0v) is 12.4. The van der Waals surface area contributed by atoms with E-state index in [1.54, 1.807) is 0 Å². The number of anilines is 3. The molecule has 5 heteroatoms. The Morgan fingerprint density at radius 2 is 2.05 bits per heavy atom. The number of nitrogen functional groups attached to an aromatic ring is 1. The minimum Gasteiger partial charge on any atom is -0.491 e. The van der Waals surface area contributed by atoms with Gasteiger partial charge in [0, 0.05) is 12.1 Å². The van der Waals surface area contributed by atoms with E-state index in [2.05, 4.69) is 34.8 Å². The highest BCUT2D eigenvalue weighted by Crippen LogP contribution is 2.39. The van der Waals surface area contributed by atoms with E-state index >= 15 is 0 Å². The smallest absolute Gasteiger partial charge is 0.142 e. The largest absolute Gasteiger partial charge is 0.491 e. The molecule has 0 saturated carbocycles. The standard InChI is InChI=1S/C16H20N4O/c1-11(2)14-15(17)18-10-19-16(14)20-8-5-9-21-13-7-4-3-6-12(13)20/h3-4,6-7,10-11H,5,8-9H2,1-2H3,(H2,17,18,19). The summed E-state index contributed by atoms with van der Waals surface area (Å²) in [5.41, 5.74) is 8.11. The van der Waals surface area contributed by atoms with E-state index in [-0.39, 0.29) is 5.92 Å². The maximum absolute atomic E-state index is 6.08. The zero-order valence-electron chi connectivity index (χ0n) is 12.4. The Kier molecular flexibility index (Phi) is 3.64. The highest BCUT2D eigenvalue weighted by Gasteiger charge is 2.23. The third kappa shape index (κ3) is 2.51. The van der Waals surface area contributed by atoms with Crippen molar-refractivity contribution < 1.29 is 4.74 Å². The van der Waals surface area contributed by atoms with Crippen molar-refractivity contribution in [3.05, 3.63) is 36.2 Å². The molecule has 0 atom stereocenters. The summed E-state index contributed by atoms with van der Waals surface area (Å²) in [6, 6.07) is 8.05. The van der Waals surface area contributed by atoms with Crippen LogP contribution in [0, 0.1) is 0 Å². The summed E-state index contributed by atoms with van der Waals surface area (Å²) in [5, 5.41) is 0. The van der Waals surface area contributed by atoms with Gasteiger partial charge in [-0.1, -0.05) is 26.0 Å². The van der Waals surface area contributed by atoms with Gasteiger partial charge in [-0.2, -0.15) is 0 Å². The maximum atomic E-state index is 6.08. The number of hydrogen-bond donors (Lipinski definition) is 1. The number of rotatable bonds is 2. The summed E-state index contributed by atoms with van der Waals surface area (Å²) in [5.74, 6) is 2.59. The lowest BCUT2D eigenvalue weighted by Gasteiger charge is -2.26. The van der Waals surface area contributed by atoms with Gasteiger partial charge in [0.25, 0.3) is 0 Å². The number of hydrogen-bond acceptors (Lipinski definition) is 5. The van der Waals surface area contributed by atoms with E-state index in [0.717, 1.165) is 35.8 Å². The number of nitrogens with two attached hydrogens (primary N) is 1. The molecule has 1 aliphatic rings. The van der Waals surface area contributed by atoms with Crippen molar-refractivity contribution in [3.63, 3.8) is 0 Å². The van der Waals surface area contributed by atoms with Crippen LogP contribution in [0.5, 0.6) is 5.75 Å². The molecule has 1 aromatic carbocycles. The minimum atomic E-state index is 0.262. The van der Waals surface area contributed by atoms with E-state index in [1.807, 2.05) is 18.2 Å². The molecular formula is C16H20N4O. The Labute approximate surface area is 124 Å². The summed E-state index contributed by atoms with van der Waals surface area (Å²) in [6.07, 6.45) is 2.47. The SMILES string of the molecule is CC(C)c1c(N)ncnc1N1CCCOc2ccccc21. The molecule has 5 nitrogen and oxygen atoms in total. The number of para-hydroxylation sites is 2. The average Bonchev–Trinajstić information content (AvgIpc) is 2.68. The van der Waals surface area contributed by atoms with E-state index in [1.165, 1.54) is 6.33 Å². The van der Waals surface area contributed by atoms with Gasteiger partial charge in [-0.3, -0.25) is 0 Å². The molecule has 0 amide bonds. The number of ether oxygens (including phenoxy) is 1. The predicted molar refractivity (Wildman–Crippen MR) is 84.1 cm³/mol. The molecule has 0 bridgehead atoms. The first-order valence-corrected chi connectivity index (χ1v) is 7.28. The van der Waals surface area contributed by atoms with Crippen molar-refractivity contribution in [1.29, 1.82) is 0 Å². The van der Waals surface area contributed by atoms with Crippen LogP contribution in [-0.2, 0) is 0 Å². The first-order valence-electron chi connectivity index (χ1n) is 7.28. The number of benzene rings is 1. The van der Waals surface area contributed by atoms with Gasteiger partial charge >= 0.3 is 0 Å². The van der Waals surface area contributed by atoms with Crippen molar-refractivity contribution in [2.75, 3.05) is 23.8 Å². The third-order valence-electron chi connectivity index (χ3n) is 3.67. The van der Waals surface area contributed by atoms with Crippen LogP contribution >= 0.6 is 0 Å². The van der Waals surface area contributed by atoms with Gasteiger partial charge in [0.05, 0.1) is 12.3 Å². The first-order chi connectivity index (χ1) is 10.2. The Bertz CT molecular complexity index is 642. The Morgan fingerprint density at radius 1 is 1.24 bits per heavy atom. The molecule has 0 saturated heterocycles. The monoisotopic (exact) mass is 284 g/mol. The molecule has 0 unspecified atom stereocenters. The highest BCUT2D eigenvalue weighted by molar-refractivity contribution is 5.72. The fourth-order valence-corrected chi connectivity index (χ4v) is 2.72.